The van der Waals surface area contributed by atoms with Gasteiger partial charge in [0.15, 0.2) is 4.96 Å². The zero-order valence-corrected chi connectivity index (χ0v) is 13.0. The minimum atomic E-state index is -0.483. The van der Waals surface area contributed by atoms with Gasteiger partial charge in [-0.1, -0.05) is 6.92 Å². The van der Waals surface area contributed by atoms with Crippen LogP contribution in [0.5, 0.6) is 0 Å². The molecule has 0 saturated heterocycles. The van der Waals surface area contributed by atoms with Crippen LogP contribution in [-0.4, -0.2) is 25.1 Å². The van der Waals surface area contributed by atoms with Gasteiger partial charge in [-0.15, -0.1) is 11.3 Å². The highest BCUT2D eigenvalue weighted by Crippen LogP contribution is 2.17. The Hall–Kier alpha value is -2.48. The standard InChI is InChI=1S/C14H15N5O2S/c1-3-9(2)19-11(4-5-16-19)17-12(20)10-8-15-14-18(13(10)21)6-7-22-14/h4-9H,3H2,1-2H3,(H,17,20). The number of hydrogen-bond acceptors (Lipinski definition) is 5. The summed E-state index contributed by atoms with van der Waals surface area (Å²) in [5.74, 6) is 0.0809. The first-order chi connectivity index (χ1) is 10.6. The highest BCUT2D eigenvalue weighted by Gasteiger charge is 2.16. The van der Waals surface area contributed by atoms with Gasteiger partial charge in [0.1, 0.15) is 11.4 Å². The first-order valence-corrected chi connectivity index (χ1v) is 7.79. The van der Waals surface area contributed by atoms with E-state index in [1.54, 1.807) is 28.5 Å². The first kappa shape index (κ1) is 14.5. The minimum Gasteiger partial charge on any atom is -0.307 e. The van der Waals surface area contributed by atoms with Gasteiger partial charge in [-0.25, -0.2) is 9.67 Å². The van der Waals surface area contributed by atoms with Gasteiger partial charge in [0.05, 0.1) is 12.2 Å². The van der Waals surface area contributed by atoms with E-state index in [4.69, 9.17) is 0 Å². The normalized spacial score (nSPS) is 12.5. The molecule has 0 aliphatic rings. The molecule has 3 heterocycles. The molecule has 1 N–H and O–H groups in total. The molecule has 0 aliphatic heterocycles. The number of carbonyl (C=O) groups excluding carboxylic acids is 1. The van der Waals surface area contributed by atoms with Crippen molar-refractivity contribution in [1.82, 2.24) is 19.2 Å². The van der Waals surface area contributed by atoms with Crippen molar-refractivity contribution >= 4 is 28.0 Å². The van der Waals surface area contributed by atoms with E-state index < -0.39 is 5.91 Å². The van der Waals surface area contributed by atoms with Gasteiger partial charge in [0.2, 0.25) is 0 Å². The molecule has 0 saturated carbocycles. The summed E-state index contributed by atoms with van der Waals surface area (Å²) in [6, 6.07) is 1.86. The highest BCUT2D eigenvalue weighted by atomic mass is 32.1. The van der Waals surface area contributed by atoms with Crippen LogP contribution in [0.4, 0.5) is 5.82 Å². The molecule has 0 aliphatic carbocycles. The van der Waals surface area contributed by atoms with Crippen molar-refractivity contribution < 1.29 is 4.79 Å². The fourth-order valence-electron chi connectivity index (χ4n) is 2.10. The predicted octanol–water partition coefficient (Wildman–Crippen LogP) is 2.18. The number of carbonyl (C=O) groups is 1. The number of amides is 1. The number of aromatic nitrogens is 4. The summed E-state index contributed by atoms with van der Waals surface area (Å²) < 4.78 is 3.09. The Morgan fingerprint density at radius 3 is 3.09 bits per heavy atom. The summed E-state index contributed by atoms with van der Waals surface area (Å²) in [4.78, 5) is 29.3. The van der Waals surface area contributed by atoms with Gasteiger partial charge in [-0.2, -0.15) is 5.10 Å². The summed E-state index contributed by atoms with van der Waals surface area (Å²) >= 11 is 1.34. The number of anilines is 1. The fraction of sp³-hybridized carbons (Fsp3) is 0.286. The SMILES string of the molecule is CCC(C)n1nccc1NC(=O)c1cnc2sccn2c1=O. The Balaban J connectivity index is 1.92. The van der Waals surface area contributed by atoms with E-state index in [0.29, 0.717) is 10.8 Å². The van der Waals surface area contributed by atoms with Crippen molar-refractivity contribution in [2.75, 3.05) is 5.32 Å². The van der Waals surface area contributed by atoms with E-state index in [9.17, 15) is 9.59 Å². The summed E-state index contributed by atoms with van der Waals surface area (Å²) in [7, 11) is 0. The molecule has 0 bridgehead atoms. The smallest absolute Gasteiger partial charge is 0.271 e. The van der Waals surface area contributed by atoms with Gasteiger partial charge in [-0.3, -0.25) is 14.0 Å². The molecule has 8 heteroatoms. The van der Waals surface area contributed by atoms with Crippen molar-refractivity contribution in [3.05, 3.63) is 46.0 Å². The van der Waals surface area contributed by atoms with Crippen LogP contribution >= 0.6 is 11.3 Å². The van der Waals surface area contributed by atoms with Crippen molar-refractivity contribution in [2.45, 2.75) is 26.3 Å². The summed E-state index contributed by atoms with van der Waals surface area (Å²) in [6.45, 7) is 4.05. The molecule has 22 heavy (non-hydrogen) atoms. The molecular formula is C14H15N5O2S. The molecule has 1 amide bonds. The number of thiazole rings is 1. The average Bonchev–Trinajstić information content (AvgIpc) is 3.15. The van der Waals surface area contributed by atoms with Crippen LogP contribution in [0.1, 0.15) is 36.7 Å². The molecule has 0 aromatic carbocycles. The highest BCUT2D eigenvalue weighted by molar-refractivity contribution is 7.15. The molecule has 0 radical (unpaired) electrons. The Morgan fingerprint density at radius 1 is 1.50 bits per heavy atom. The molecule has 1 unspecified atom stereocenters. The van der Waals surface area contributed by atoms with Gasteiger partial charge in [0.25, 0.3) is 11.5 Å². The maximum Gasteiger partial charge on any atom is 0.271 e. The van der Waals surface area contributed by atoms with Crippen LogP contribution in [0, 0.1) is 0 Å². The number of nitrogens with one attached hydrogen (secondary N) is 1. The van der Waals surface area contributed by atoms with E-state index in [2.05, 4.69) is 15.4 Å². The number of rotatable bonds is 4. The quantitative estimate of drug-likeness (QED) is 0.799. The lowest BCUT2D eigenvalue weighted by Gasteiger charge is -2.14. The third kappa shape index (κ3) is 2.41. The Kier molecular flexibility index (Phi) is 3.76. The van der Waals surface area contributed by atoms with E-state index in [1.165, 1.54) is 21.9 Å². The number of hydrogen-bond donors (Lipinski definition) is 1. The molecule has 3 aromatic rings. The van der Waals surface area contributed by atoms with Crippen molar-refractivity contribution in [1.29, 1.82) is 0 Å². The van der Waals surface area contributed by atoms with Crippen LogP contribution in [0.3, 0.4) is 0 Å². The summed E-state index contributed by atoms with van der Waals surface area (Å²) in [5, 5.41) is 8.69. The Morgan fingerprint density at radius 2 is 2.32 bits per heavy atom. The summed E-state index contributed by atoms with van der Waals surface area (Å²) in [6.07, 6.45) is 5.42. The van der Waals surface area contributed by atoms with E-state index in [0.717, 1.165) is 6.42 Å². The Bertz CT molecular complexity index is 879. The minimum absolute atomic E-state index is 0.00722. The van der Waals surface area contributed by atoms with Gasteiger partial charge in [0, 0.05) is 23.8 Å². The van der Waals surface area contributed by atoms with Crippen molar-refractivity contribution in [2.24, 2.45) is 0 Å². The fourth-order valence-corrected chi connectivity index (χ4v) is 2.78. The zero-order valence-electron chi connectivity index (χ0n) is 12.2. The largest absolute Gasteiger partial charge is 0.307 e. The van der Waals surface area contributed by atoms with Gasteiger partial charge in [-0.05, 0) is 13.3 Å². The monoisotopic (exact) mass is 317 g/mol. The van der Waals surface area contributed by atoms with E-state index in [1.807, 2.05) is 13.8 Å². The molecule has 1 atom stereocenters. The van der Waals surface area contributed by atoms with E-state index >= 15 is 0 Å². The lowest BCUT2D eigenvalue weighted by Crippen LogP contribution is -2.27. The third-order valence-electron chi connectivity index (χ3n) is 3.51. The predicted molar refractivity (Wildman–Crippen MR) is 84.5 cm³/mol. The zero-order chi connectivity index (χ0) is 15.7. The molecule has 7 nitrogen and oxygen atoms in total. The van der Waals surface area contributed by atoms with E-state index in [-0.39, 0.29) is 17.2 Å². The Labute approximate surface area is 130 Å². The molecule has 0 spiro atoms. The van der Waals surface area contributed by atoms with Gasteiger partial charge >= 0.3 is 0 Å². The lowest BCUT2D eigenvalue weighted by molar-refractivity contribution is 0.102. The lowest BCUT2D eigenvalue weighted by atomic mass is 10.2. The van der Waals surface area contributed by atoms with Crippen LogP contribution in [0.2, 0.25) is 0 Å². The number of nitrogens with zero attached hydrogens (tertiary/aromatic N) is 4. The van der Waals surface area contributed by atoms with Gasteiger partial charge < -0.3 is 5.32 Å². The second kappa shape index (κ2) is 5.72. The maximum atomic E-state index is 12.4. The third-order valence-corrected chi connectivity index (χ3v) is 4.28. The number of fused-ring (bicyclic) bond motifs is 1. The molecule has 0 fully saturated rings. The second-order valence-electron chi connectivity index (χ2n) is 4.91. The topological polar surface area (TPSA) is 81.3 Å². The average molecular weight is 317 g/mol. The van der Waals surface area contributed by atoms with Crippen molar-refractivity contribution in [3.63, 3.8) is 0 Å². The van der Waals surface area contributed by atoms with Crippen LogP contribution < -0.4 is 10.9 Å². The van der Waals surface area contributed by atoms with Crippen LogP contribution in [-0.2, 0) is 0 Å². The van der Waals surface area contributed by atoms with Crippen LogP contribution in [0.25, 0.3) is 4.96 Å². The maximum absolute atomic E-state index is 12.4. The first-order valence-electron chi connectivity index (χ1n) is 6.91. The molecule has 3 rings (SSSR count). The van der Waals surface area contributed by atoms with Crippen molar-refractivity contribution in [3.8, 4) is 0 Å². The molecule has 114 valence electrons. The molecule has 3 aromatic heterocycles. The second-order valence-corrected chi connectivity index (χ2v) is 5.78. The van der Waals surface area contributed by atoms with Crippen LogP contribution in [0.15, 0.2) is 34.8 Å². The summed E-state index contributed by atoms with van der Waals surface area (Å²) in [5.41, 5.74) is -0.369. The molecular weight excluding hydrogens is 302 g/mol.